The molecule has 0 spiro atoms. The van der Waals surface area contributed by atoms with Crippen molar-refractivity contribution in [3.8, 4) is 0 Å². The van der Waals surface area contributed by atoms with Gasteiger partial charge in [-0.25, -0.2) is 0 Å². The van der Waals surface area contributed by atoms with Crippen LogP contribution in [0.1, 0.15) is 52.4 Å². The molecular formula is C12H23NO. The average molecular weight is 197 g/mol. The van der Waals surface area contributed by atoms with Gasteiger partial charge in [0.15, 0.2) is 0 Å². The lowest BCUT2D eigenvalue weighted by molar-refractivity contribution is 0.0799. The Morgan fingerprint density at radius 1 is 1.50 bits per heavy atom. The molecule has 2 aliphatic heterocycles. The molecule has 2 N–H and O–H groups in total. The highest BCUT2D eigenvalue weighted by atomic mass is 16.5. The van der Waals surface area contributed by atoms with E-state index in [4.69, 9.17) is 10.5 Å². The molecule has 0 radical (unpaired) electrons. The van der Waals surface area contributed by atoms with Crippen LogP contribution in [-0.2, 0) is 4.74 Å². The van der Waals surface area contributed by atoms with Crippen LogP contribution in [0.3, 0.4) is 0 Å². The Bertz CT molecular complexity index is 206. The Hall–Kier alpha value is -0.0800. The molecule has 0 aliphatic carbocycles. The fraction of sp³-hybridized carbons (Fsp3) is 1.00. The summed E-state index contributed by atoms with van der Waals surface area (Å²) in [7, 11) is 0. The Morgan fingerprint density at radius 3 is 2.79 bits per heavy atom. The first-order chi connectivity index (χ1) is 6.64. The van der Waals surface area contributed by atoms with Crippen molar-refractivity contribution in [2.75, 3.05) is 0 Å². The molecule has 2 rings (SSSR count). The van der Waals surface area contributed by atoms with Crippen molar-refractivity contribution in [3.63, 3.8) is 0 Å². The zero-order valence-corrected chi connectivity index (χ0v) is 9.46. The van der Waals surface area contributed by atoms with Gasteiger partial charge in [0.05, 0.1) is 12.2 Å². The maximum absolute atomic E-state index is 6.45. The Kier molecular flexibility index (Phi) is 2.85. The number of rotatable bonds is 4. The van der Waals surface area contributed by atoms with Crippen LogP contribution in [0.4, 0.5) is 0 Å². The van der Waals surface area contributed by atoms with Crippen LogP contribution >= 0.6 is 0 Å². The third kappa shape index (κ3) is 1.82. The molecule has 2 bridgehead atoms. The molecule has 4 unspecified atom stereocenters. The van der Waals surface area contributed by atoms with Crippen LogP contribution in [0.15, 0.2) is 0 Å². The summed E-state index contributed by atoms with van der Waals surface area (Å²) >= 11 is 0. The standard InChI is InChI=1S/C12H23NO/c1-3-4-9(2)7-12(13)8-10-5-6-11(12)14-10/h9-11H,3-8,13H2,1-2H3. The second-order valence-electron chi connectivity index (χ2n) is 5.36. The Labute approximate surface area is 87.2 Å². The molecule has 82 valence electrons. The predicted octanol–water partition coefficient (Wildman–Crippen LogP) is 2.46. The summed E-state index contributed by atoms with van der Waals surface area (Å²) in [6.07, 6.45) is 8.12. The molecule has 2 heteroatoms. The Morgan fingerprint density at radius 2 is 2.29 bits per heavy atom. The van der Waals surface area contributed by atoms with E-state index >= 15 is 0 Å². The highest BCUT2D eigenvalue weighted by molar-refractivity contribution is 5.05. The maximum Gasteiger partial charge on any atom is 0.0760 e. The fourth-order valence-corrected chi connectivity index (χ4v) is 3.29. The summed E-state index contributed by atoms with van der Waals surface area (Å²) in [5.41, 5.74) is 6.46. The normalized spacial score (nSPS) is 43.1. The second kappa shape index (κ2) is 3.82. The summed E-state index contributed by atoms with van der Waals surface area (Å²) in [5.74, 6) is 0.757. The van der Waals surface area contributed by atoms with Crippen LogP contribution in [0, 0.1) is 5.92 Å². The van der Waals surface area contributed by atoms with E-state index in [1.807, 2.05) is 0 Å². The topological polar surface area (TPSA) is 35.2 Å². The van der Waals surface area contributed by atoms with E-state index in [2.05, 4.69) is 13.8 Å². The van der Waals surface area contributed by atoms with Crippen molar-refractivity contribution in [2.45, 2.75) is 70.1 Å². The van der Waals surface area contributed by atoms with Gasteiger partial charge in [0, 0.05) is 5.54 Å². The number of hydrogen-bond donors (Lipinski definition) is 1. The molecule has 0 amide bonds. The number of hydrogen-bond acceptors (Lipinski definition) is 2. The monoisotopic (exact) mass is 197 g/mol. The van der Waals surface area contributed by atoms with Gasteiger partial charge >= 0.3 is 0 Å². The third-order valence-electron chi connectivity index (χ3n) is 3.87. The van der Waals surface area contributed by atoms with Crippen molar-refractivity contribution in [1.29, 1.82) is 0 Å². The second-order valence-corrected chi connectivity index (χ2v) is 5.36. The fourth-order valence-electron chi connectivity index (χ4n) is 3.29. The predicted molar refractivity (Wildman–Crippen MR) is 58.1 cm³/mol. The van der Waals surface area contributed by atoms with E-state index in [9.17, 15) is 0 Å². The molecule has 2 aliphatic rings. The molecule has 0 aromatic rings. The van der Waals surface area contributed by atoms with E-state index in [1.165, 1.54) is 25.7 Å². The molecule has 2 fully saturated rings. The molecule has 2 saturated heterocycles. The van der Waals surface area contributed by atoms with Crippen LogP contribution in [-0.4, -0.2) is 17.7 Å². The lowest BCUT2D eigenvalue weighted by Crippen LogP contribution is -2.49. The van der Waals surface area contributed by atoms with Gasteiger partial charge in [-0.05, 0) is 31.6 Å². The van der Waals surface area contributed by atoms with Gasteiger partial charge in [0.25, 0.3) is 0 Å². The molecule has 0 saturated carbocycles. The zero-order chi connectivity index (χ0) is 10.2. The summed E-state index contributed by atoms with van der Waals surface area (Å²) in [6.45, 7) is 4.57. The van der Waals surface area contributed by atoms with E-state index in [1.54, 1.807) is 0 Å². The van der Waals surface area contributed by atoms with E-state index in [0.29, 0.717) is 12.2 Å². The van der Waals surface area contributed by atoms with Gasteiger partial charge in [0.1, 0.15) is 0 Å². The highest BCUT2D eigenvalue weighted by Gasteiger charge is 2.49. The van der Waals surface area contributed by atoms with E-state index < -0.39 is 0 Å². The average Bonchev–Trinajstić information content (AvgIpc) is 2.62. The van der Waals surface area contributed by atoms with Crippen molar-refractivity contribution in [1.82, 2.24) is 0 Å². The van der Waals surface area contributed by atoms with E-state index in [0.717, 1.165) is 18.8 Å². The summed E-state index contributed by atoms with van der Waals surface area (Å²) < 4.78 is 5.84. The van der Waals surface area contributed by atoms with Crippen molar-refractivity contribution in [3.05, 3.63) is 0 Å². The summed E-state index contributed by atoms with van der Waals surface area (Å²) in [4.78, 5) is 0. The van der Waals surface area contributed by atoms with Gasteiger partial charge in [0.2, 0.25) is 0 Å². The first kappa shape index (κ1) is 10.4. The first-order valence-corrected chi connectivity index (χ1v) is 6.08. The SMILES string of the molecule is CCCC(C)CC1(N)CC2CCC1O2. The quantitative estimate of drug-likeness (QED) is 0.751. The van der Waals surface area contributed by atoms with Crippen molar-refractivity contribution < 1.29 is 4.74 Å². The number of nitrogens with two attached hydrogens (primary N) is 1. The van der Waals surface area contributed by atoms with Gasteiger partial charge in [-0.2, -0.15) is 0 Å². The highest BCUT2D eigenvalue weighted by Crippen LogP contribution is 2.43. The number of fused-ring (bicyclic) bond motifs is 2. The van der Waals surface area contributed by atoms with Crippen LogP contribution in [0.25, 0.3) is 0 Å². The van der Waals surface area contributed by atoms with Crippen LogP contribution < -0.4 is 5.73 Å². The van der Waals surface area contributed by atoms with Gasteiger partial charge in [-0.3, -0.25) is 0 Å². The minimum Gasteiger partial charge on any atom is -0.373 e. The molecule has 14 heavy (non-hydrogen) atoms. The number of ether oxygens (including phenoxy) is 1. The van der Waals surface area contributed by atoms with Crippen LogP contribution in [0.5, 0.6) is 0 Å². The molecule has 2 heterocycles. The van der Waals surface area contributed by atoms with Crippen molar-refractivity contribution in [2.24, 2.45) is 11.7 Å². The first-order valence-electron chi connectivity index (χ1n) is 6.08. The lowest BCUT2D eigenvalue weighted by Gasteiger charge is -2.33. The molecule has 0 aromatic carbocycles. The Balaban J connectivity index is 1.90. The molecular weight excluding hydrogens is 174 g/mol. The van der Waals surface area contributed by atoms with Crippen LogP contribution in [0.2, 0.25) is 0 Å². The molecule has 4 atom stereocenters. The van der Waals surface area contributed by atoms with Gasteiger partial charge in [-0.15, -0.1) is 0 Å². The van der Waals surface area contributed by atoms with Crippen molar-refractivity contribution >= 4 is 0 Å². The zero-order valence-electron chi connectivity index (χ0n) is 9.46. The summed E-state index contributed by atoms with van der Waals surface area (Å²) in [5, 5.41) is 0. The smallest absolute Gasteiger partial charge is 0.0760 e. The largest absolute Gasteiger partial charge is 0.373 e. The molecule has 2 nitrogen and oxygen atoms in total. The minimum absolute atomic E-state index is 0.0114. The summed E-state index contributed by atoms with van der Waals surface area (Å²) in [6, 6.07) is 0. The van der Waals surface area contributed by atoms with Gasteiger partial charge in [-0.1, -0.05) is 26.7 Å². The third-order valence-corrected chi connectivity index (χ3v) is 3.87. The van der Waals surface area contributed by atoms with Gasteiger partial charge < -0.3 is 10.5 Å². The van der Waals surface area contributed by atoms with E-state index in [-0.39, 0.29) is 5.54 Å². The minimum atomic E-state index is 0.0114. The molecule has 0 aromatic heterocycles. The maximum atomic E-state index is 6.45. The lowest BCUT2D eigenvalue weighted by atomic mass is 9.76.